The lowest BCUT2D eigenvalue weighted by molar-refractivity contribution is -0.222. The number of benzene rings is 4. The van der Waals surface area contributed by atoms with Crippen LogP contribution in [0, 0.1) is 49.0 Å². The molecule has 2 fully saturated rings. The van der Waals surface area contributed by atoms with Crippen LogP contribution in [0.5, 0.6) is 0 Å². The number of rotatable bonds is 12. The lowest BCUT2D eigenvalue weighted by atomic mass is 9.85. The van der Waals surface area contributed by atoms with E-state index in [1.165, 1.54) is 55.4 Å². The van der Waals surface area contributed by atoms with Crippen LogP contribution in [0.1, 0.15) is 104 Å². The highest BCUT2D eigenvalue weighted by atomic mass is 32.2. The minimum absolute atomic E-state index is 0.0117. The average Bonchev–Trinajstić information content (AvgIpc) is 4.01. The molecule has 382 valence electrons. The molecule has 0 amide bonds. The molecule has 0 radical (unpaired) electrons. The zero-order valence-corrected chi connectivity index (χ0v) is 44.4. The molecule has 2 aliphatic rings. The Bertz CT molecular complexity index is 2900. The van der Waals surface area contributed by atoms with Crippen molar-refractivity contribution in [2.45, 2.75) is 123 Å². The van der Waals surface area contributed by atoms with Gasteiger partial charge in [-0.3, -0.25) is 14.4 Å². The summed E-state index contributed by atoms with van der Waals surface area (Å²) in [6.45, 7) is 16.2. The number of thioether (sulfide) groups is 1. The lowest BCUT2D eigenvalue weighted by Crippen LogP contribution is -2.52. The van der Waals surface area contributed by atoms with Crippen LogP contribution in [0.2, 0.25) is 0 Å². The number of hydrogen-bond acceptors (Lipinski definition) is 11. The summed E-state index contributed by atoms with van der Waals surface area (Å²) in [6, 6.07) is 28.1. The van der Waals surface area contributed by atoms with Crippen molar-refractivity contribution in [2.75, 3.05) is 6.26 Å². The predicted molar refractivity (Wildman–Crippen MR) is 276 cm³/mol. The molecule has 2 saturated heterocycles. The molecule has 0 bridgehead atoms. The van der Waals surface area contributed by atoms with Crippen molar-refractivity contribution < 1.29 is 55.6 Å². The van der Waals surface area contributed by atoms with E-state index in [9.17, 15) is 31.9 Å². The van der Waals surface area contributed by atoms with Gasteiger partial charge >= 0.3 is 17.9 Å². The zero-order valence-electron chi connectivity index (χ0n) is 41.9. The van der Waals surface area contributed by atoms with Crippen LogP contribution in [0.25, 0.3) is 20.9 Å². The highest BCUT2D eigenvalue weighted by Gasteiger charge is 2.47. The second kappa shape index (κ2) is 23.7. The predicted octanol–water partition coefficient (Wildman–Crippen LogP) is 13.9. The first-order chi connectivity index (χ1) is 34.2. The number of thiophene rings is 2. The Hall–Kier alpha value is -5.32. The van der Waals surface area contributed by atoms with Crippen LogP contribution >= 0.6 is 34.4 Å². The van der Waals surface area contributed by atoms with E-state index < -0.39 is 53.5 Å². The summed E-state index contributed by atoms with van der Waals surface area (Å²) in [5.74, 6) is -4.69. The van der Waals surface area contributed by atoms with Crippen molar-refractivity contribution >= 4 is 52.3 Å². The summed E-state index contributed by atoms with van der Waals surface area (Å²) in [7, 11) is 0. The summed E-state index contributed by atoms with van der Waals surface area (Å²) >= 11 is 4.76. The summed E-state index contributed by atoms with van der Waals surface area (Å²) in [5, 5.41) is -0.0117. The number of hydrogen-bond donors (Lipinski definition) is 0. The van der Waals surface area contributed by atoms with Crippen molar-refractivity contribution in [3.63, 3.8) is 0 Å². The van der Waals surface area contributed by atoms with Gasteiger partial charge in [0.05, 0.1) is 23.6 Å². The maximum absolute atomic E-state index is 13.7. The fourth-order valence-electron chi connectivity index (χ4n) is 9.24. The molecular weight excluding hydrogens is 985 g/mol. The molecule has 4 heterocycles. The Kier molecular flexibility index (Phi) is 17.9. The molecule has 0 spiro atoms. The Morgan fingerprint density at radius 3 is 1.39 bits per heavy atom. The molecule has 72 heavy (non-hydrogen) atoms. The minimum atomic E-state index is -0.874. The average molecular weight is 1050 g/mol. The van der Waals surface area contributed by atoms with Crippen LogP contribution in [0.15, 0.2) is 97.1 Å². The highest BCUT2D eigenvalue weighted by molar-refractivity contribution is 7.99. The zero-order chi connectivity index (χ0) is 52.1. The molecule has 8 nitrogen and oxygen atoms in total. The molecule has 0 saturated carbocycles. The van der Waals surface area contributed by atoms with Gasteiger partial charge in [0, 0.05) is 65.0 Å². The summed E-state index contributed by atoms with van der Waals surface area (Å²) in [6.07, 6.45) is 0.636. The van der Waals surface area contributed by atoms with Gasteiger partial charge in [0.25, 0.3) is 0 Å². The van der Waals surface area contributed by atoms with E-state index in [0.717, 1.165) is 60.3 Å². The first-order valence-corrected chi connectivity index (χ1v) is 26.8. The summed E-state index contributed by atoms with van der Waals surface area (Å²) in [4.78, 5) is 39.5. The van der Waals surface area contributed by atoms with Crippen LogP contribution in [-0.2, 0) is 50.9 Å². The smallest absolute Gasteiger partial charge is 0.303 e. The summed E-state index contributed by atoms with van der Waals surface area (Å²) in [5.41, 5.74) is 7.66. The number of aryl methyl sites for hydroxylation is 2. The molecule has 6 aromatic rings. The largest absolute Gasteiger partial charge is 0.461 e. The molecule has 0 N–H and O–H groups in total. The molecule has 4 aromatic carbocycles. The molecule has 0 aliphatic carbocycles. The van der Waals surface area contributed by atoms with Crippen molar-refractivity contribution in [2.24, 2.45) is 11.8 Å². The normalized spacial score (nSPS) is 23.9. The van der Waals surface area contributed by atoms with E-state index in [2.05, 4.69) is 32.0 Å². The Morgan fingerprint density at radius 2 is 0.944 bits per heavy atom. The molecule has 15 heteroatoms. The van der Waals surface area contributed by atoms with Gasteiger partial charge < -0.3 is 23.7 Å². The van der Waals surface area contributed by atoms with Gasteiger partial charge in [0.1, 0.15) is 18.3 Å². The van der Waals surface area contributed by atoms with E-state index in [4.69, 9.17) is 23.7 Å². The number of carbonyl (C=O) groups is 3. The fourth-order valence-corrected chi connectivity index (χ4v) is 12.3. The van der Waals surface area contributed by atoms with Crippen LogP contribution in [0.4, 0.5) is 17.6 Å². The SMILES string of the molecule is CC(=O)O[C@H]1[C@H](C)[C@@H](C)OC(c2ccc(C)c(Cc3ccc(-c4ccc(F)c(F)c4)s3)c2)[C@@H]1OC(C)=O.CS[C@H]1C(c2ccc(C)c(Cc3ccc(-c4ccc(F)c(F)c4)s3)c2)O[C@H](C)[C@@H](C)[C@@H]1OC(C)=O. The van der Waals surface area contributed by atoms with Gasteiger partial charge in [-0.05, 0) is 127 Å². The fraction of sp³-hybridized carbons (Fsp3) is 0.386. The third kappa shape index (κ3) is 12.9. The third-order valence-electron chi connectivity index (χ3n) is 13.5. The quantitative estimate of drug-likeness (QED) is 0.0674. The first-order valence-electron chi connectivity index (χ1n) is 23.8. The van der Waals surface area contributed by atoms with Gasteiger partial charge in [-0.15, -0.1) is 22.7 Å². The standard InChI is InChI=1S/C29H30F2O5S.C28H30F2O3S2/c1-15-6-7-21(28-29(36-19(5)33)27(35-18(4)32)16(2)17(3)34-28)12-22(15)13-23-9-11-26(37-23)20-8-10-24(30)25(31)14-20;1-15-6-7-20(27-28(34-5)26(33-18(4)31)16(2)17(3)32-27)12-21(15)13-22-9-11-25(35-22)19-8-10-23(29)24(30)14-19/h6-12,14,16-17,27-29H,13H2,1-5H3;6-12,14,16-17,26-28H,13H2,1-5H3/t16-,17-,27+,28?,29-;16-,17-,26+,27?,28-/m11/s1. The molecule has 2 unspecified atom stereocenters. The number of ether oxygens (including phenoxy) is 5. The second-order valence-corrected chi connectivity index (χ2v) is 22.0. The Balaban J connectivity index is 0.000000212. The third-order valence-corrected chi connectivity index (χ3v) is 16.9. The van der Waals surface area contributed by atoms with Crippen LogP contribution < -0.4 is 0 Å². The summed E-state index contributed by atoms with van der Waals surface area (Å²) < 4.78 is 83.8. The molecule has 8 rings (SSSR count). The molecule has 10 atom stereocenters. The van der Waals surface area contributed by atoms with Crippen molar-refractivity contribution in [1.29, 1.82) is 0 Å². The molecule has 2 aromatic heterocycles. The molecular formula is C57H60F4O8S3. The number of halogens is 4. The van der Waals surface area contributed by atoms with Crippen molar-refractivity contribution in [3.8, 4) is 20.9 Å². The minimum Gasteiger partial charge on any atom is -0.461 e. The van der Waals surface area contributed by atoms with Crippen molar-refractivity contribution in [3.05, 3.63) is 163 Å². The van der Waals surface area contributed by atoms with Crippen LogP contribution in [-0.4, -0.2) is 59.9 Å². The second-order valence-electron chi connectivity index (χ2n) is 18.7. The Morgan fingerprint density at radius 1 is 0.528 bits per heavy atom. The van der Waals surface area contributed by atoms with E-state index in [0.29, 0.717) is 17.5 Å². The molecule has 2 aliphatic heterocycles. The van der Waals surface area contributed by atoms with Gasteiger partial charge in [-0.2, -0.15) is 11.8 Å². The van der Waals surface area contributed by atoms with Gasteiger partial charge in [-0.1, -0.05) is 62.4 Å². The first kappa shape index (κ1) is 54.5. The van der Waals surface area contributed by atoms with E-state index in [1.54, 1.807) is 35.2 Å². The lowest BCUT2D eigenvalue weighted by Gasteiger charge is -2.44. The van der Waals surface area contributed by atoms with Gasteiger partial charge in [-0.25, -0.2) is 17.6 Å². The van der Waals surface area contributed by atoms with E-state index in [1.807, 2.05) is 76.4 Å². The van der Waals surface area contributed by atoms with E-state index in [-0.39, 0.29) is 47.5 Å². The monoisotopic (exact) mass is 1040 g/mol. The van der Waals surface area contributed by atoms with E-state index >= 15 is 0 Å². The van der Waals surface area contributed by atoms with Gasteiger partial charge in [0.15, 0.2) is 29.4 Å². The maximum atomic E-state index is 13.7. The van der Waals surface area contributed by atoms with Gasteiger partial charge in [0.2, 0.25) is 0 Å². The highest BCUT2D eigenvalue weighted by Crippen LogP contribution is 2.44. The van der Waals surface area contributed by atoms with Crippen LogP contribution in [0.3, 0.4) is 0 Å². The topological polar surface area (TPSA) is 97.4 Å². The Labute approximate surface area is 431 Å². The number of esters is 3. The van der Waals surface area contributed by atoms with Crippen molar-refractivity contribution in [1.82, 2.24) is 0 Å². The number of carbonyl (C=O) groups excluding carboxylic acids is 3. The maximum Gasteiger partial charge on any atom is 0.303 e.